The number of carbonyl (C=O) groups is 1. The molecular formula is C28H39FIN3O3Si. The second kappa shape index (κ2) is 12.7. The van der Waals surface area contributed by atoms with Crippen LogP contribution < -0.4 is 5.32 Å². The highest BCUT2D eigenvalue weighted by atomic mass is 127. The Bertz CT molecular complexity index is 1210. The predicted octanol–water partition coefficient (Wildman–Crippen LogP) is 8.28. The summed E-state index contributed by atoms with van der Waals surface area (Å²) in [6, 6.07) is 6.83. The zero-order valence-corrected chi connectivity index (χ0v) is 26.1. The van der Waals surface area contributed by atoms with Crippen LogP contribution in [0.1, 0.15) is 65.4 Å². The first-order valence-electron chi connectivity index (χ1n) is 13.0. The Balaban J connectivity index is 1.98. The van der Waals surface area contributed by atoms with Gasteiger partial charge in [0.1, 0.15) is 5.82 Å². The zero-order chi connectivity index (χ0) is 27.3. The molecule has 0 aliphatic heterocycles. The van der Waals surface area contributed by atoms with Gasteiger partial charge in [0.25, 0.3) is 0 Å². The molecule has 0 aliphatic rings. The van der Waals surface area contributed by atoms with Crippen LogP contribution in [0, 0.1) is 9.39 Å². The SMILES string of the molecule is CCOC(=O)c1c(Nc2ccc(I)cc2F)c2cnccc2n1CCCO[Si](C(C)C)(C(C)C)C(C)C. The van der Waals surface area contributed by atoms with E-state index in [4.69, 9.17) is 9.16 Å². The molecule has 1 aromatic carbocycles. The second-order valence-corrected chi connectivity index (χ2v) is 17.0. The minimum atomic E-state index is -1.99. The van der Waals surface area contributed by atoms with E-state index in [1.54, 1.807) is 25.4 Å². The summed E-state index contributed by atoms with van der Waals surface area (Å²) in [7, 11) is -1.99. The molecule has 37 heavy (non-hydrogen) atoms. The summed E-state index contributed by atoms with van der Waals surface area (Å²) < 4.78 is 29.7. The van der Waals surface area contributed by atoms with E-state index in [9.17, 15) is 9.18 Å². The number of carbonyl (C=O) groups excluding carboxylic acids is 1. The molecule has 3 aromatic rings. The molecule has 3 rings (SSSR count). The molecule has 202 valence electrons. The number of aryl methyl sites for hydroxylation is 1. The lowest BCUT2D eigenvalue weighted by Crippen LogP contribution is -2.48. The highest BCUT2D eigenvalue weighted by Gasteiger charge is 2.44. The second-order valence-electron chi connectivity index (χ2n) is 10.3. The normalized spacial score (nSPS) is 12.2. The van der Waals surface area contributed by atoms with Gasteiger partial charge in [0, 0.05) is 34.5 Å². The number of nitrogens with one attached hydrogen (secondary N) is 1. The molecule has 0 saturated carbocycles. The summed E-state index contributed by atoms with van der Waals surface area (Å²) in [6.45, 7) is 16.9. The van der Waals surface area contributed by atoms with Crippen molar-refractivity contribution in [1.82, 2.24) is 9.55 Å². The monoisotopic (exact) mass is 639 g/mol. The van der Waals surface area contributed by atoms with E-state index in [1.807, 2.05) is 16.7 Å². The van der Waals surface area contributed by atoms with E-state index in [0.717, 1.165) is 20.9 Å². The largest absolute Gasteiger partial charge is 0.461 e. The average Bonchev–Trinajstić information content (AvgIpc) is 3.13. The maximum Gasteiger partial charge on any atom is 0.357 e. The van der Waals surface area contributed by atoms with Crippen molar-refractivity contribution < 1.29 is 18.3 Å². The summed E-state index contributed by atoms with van der Waals surface area (Å²) in [5.74, 6) is -0.847. The molecule has 9 heteroatoms. The van der Waals surface area contributed by atoms with E-state index >= 15 is 0 Å². The van der Waals surface area contributed by atoms with Gasteiger partial charge in [-0.2, -0.15) is 0 Å². The number of nitrogens with zero attached hydrogens (tertiary/aromatic N) is 2. The fourth-order valence-electron chi connectivity index (χ4n) is 5.67. The number of pyridine rings is 1. The minimum Gasteiger partial charge on any atom is -0.461 e. The zero-order valence-electron chi connectivity index (χ0n) is 22.9. The Morgan fingerprint density at radius 3 is 2.41 bits per heavy atom. The Hall–Kier alpha value is -1.98. The van der Waals surface area contributed by atoms with Gasteiger partial charge >= 0.3 is 5.97 Å². The van der Waals surface area contributed by atoms with Crippen molar-refractivity contribution in [2.24, 2.45) is 0 Å². The highest BCUT2D eigenvalue weighted by Crippen LogP contribution is 2.42. The summed E-state index contributed by atoms with van der Waals surface area (Å²) >= 11 is 2.07. The number of anilines is 2. The fourth-order valence-corrected chi connectivity index (χ4v) is 11.6. The van der Waals surface area contributed by atoms with E-state index < -0.39 is 20.1 Å². The molecule has 0 fully saturated rings. The van der Waals surface area contributed by atoms with Gasteiger partial charge in [0.05, 0.1) is 23.5 Å². The van der Waals surface area contributed by atoms with Gasteiger partial charge in [-0.15, -0.1) is 0 Å². The van der Waals surface area contributed by atoms with Gasteiger partial charge in [-0.25, -0.2) is 9.18 Å². The lowest BCUT2D eigenvalue weighted by molar-refractivity contribution is 0.0515. The van der Waals surface area contributed by atoms with Crippen LogP contribution in [0.3, 0.4) is 0 Å². The molecule has 0 aliphatic carbocycles. The first kappa shape index (κ1) is 29.6. The van der Waals surface area contributed by atoms with Gasteiger partial charge in [-0.3, -0.25) is 4.98 Å². The molecule has 2 heterocycles. The maximum absolute atomic E-state index is 14.8. The van der Waals surface area contributed by atoms with Crippen molar-refractivity contribution >= 4 is 59.2 Å². The number of fused-ring (bicyclic) bond motifs is 1. The van der Waals surface area contributed by atoms with Crippen molar-refractivity contribution in [3.63, 3.8) is 0 Å². The van der Waals surface area contributed by atoms with Crippen LogP contribution in [0.25, 0.3) is 10.9 Å². The molecule has 0 unspecified atom stereocenters. The van der Waals surface area contributed by atoms with Crippen LogP contribution in [-0.4, -0.2) is 37.1 Å². The molecule has 1 N–H and O–H groups in total. The van der Waals surface area contributed by atoms with Crippen molar-refractivity contribution in [3.05, 3.63) is 51.7 Å². The molecule has 0 spiro atoms. The van der Waals surface area contributed by atoms with Crippen LogP contribution >= 0.6 is 22.6 Å². The van der Waals surface area contributed by atoms with E-state index in [1.165, 1.54) is 6.07 Å². The number of rotatable bonds is 12. The Labute approximate surface area is 234 Å². The topological polar surface area (TPSA) is 65.4 Å². The van der Waals surface area contributed by atoms with Gasteiger partial charge in [-0.1, -0.05) is 41.5 Å². The molecule has 0 radical (unpaired) electrons. The van der Waals surface area contributed by atoms with Crippen LogP contribution in [0.4, 0.5) is 15.8 Å². The number of hydrogen-bond donors (Lipinski definition) is 1. The lowest BCUT2D eigenvalue weighted by Gasteiger charge is -2.42. The summed E-state index contributed by atoms with van der Waals surface area (Å²) in [5, 5.41) is 3.90. The summed E-state index contributed by atoms with van der Waals surface area (Å²) in [6.07, 6.45) is 4.14. The molecule has 0 saturated heterocycles. The van der Waals surface area contributed by atoms with Crippen LogP contribution in [-0.2, 0) is 15.7 Å². The van der Waals surface area contributed by atoms with Gasteiger partial charge in [0.2, 0.25) is 0 Å². The first-order valence-corrected chi connectivity index (χ1v) is 16.3. The fraction of sp³-hybridized carbons (Fsp3) is 0.500. The quantitative estimate of drug-likeness (QED) is 0.0936. The number of esters is 1. The Morgan fingerprint density at radius 1 is 1.14 bits per heavy atom. The molecule has 0 amide bonds. The van der Waals surface area contributed by atoms with Crippen molar-refractivity contribution in [1.29, 1.82) is 0 Å². The molecule has 6 nitrogen and oxygen atoms in total. The van der Waals surface area contributed by atoms with Crippen molar-refractivity contribution in [2.75, 3.05) is 18.5 Å². The number of hydrogen-bond acceptors (Lipinski definition) is 5. The third-order valence-electron chi connectivity index (χ3n) is 7.11. The molecule has 0 bridgehead atoms. The van der Waals surface area contributed by atoms with Gasteiger partial charge < -0.3 is 19.0 Å². The number of ether oxygens (including phenoxy) is 1. The maximum atomic E-state index is 14.8. The number of aromatic nitrogens is 2. The van der Waals surface area contributed by atoms with Gasteiger partial charge in [0.15, 0.2) is 14.0 Å². The lowest BCUT2D eigenvalue weighted by atomic mass is 10.2. The number of benzene rings is 1. The molecule has 0 atom stereocenters. The predicted molar refractivity (Wildman–Crippen MR) is 160 cm³/mol. The Morgan fingerprint density at radius 2 is 1.81 bits per heavy atom. The number of halogens is 2. The summed E-state index contributed by atoms with van der Waals surface area (Å²) in [5.41, 5.74) is 3.49. The standard InChI is InChI=1S/C28H39FIN3O3Si/c1-8-35-28(34)27-26(32-24-11-10-21(30)16-23(24)29)22-17-31-13-12-25(22)33(27)14-9-15-36-37(18(2)3,19(4)5)20(6)7/h10-13,16-20,32H,8-9,14-15H2,1-7H3. The molecule has 2 aromatic heterocycles. The van der Waals surface area contributed by atoms with Crippen molar-refractivity contribution in [3.8, 4) is 0 Å². The van der Waals surface area contributed by atoms with Crippen molar-refractivity contribution in [2.45, 2.75) is 78.1 Å². The van der Waals surface area contributed by atoms with E-state index in [0.29, 0.717) is 46.8 Å². The third kappa shape index (κ3) is 6.20. The van der Waals surface area contributed by atoms with Gasteiger partial charge in [-0.05, 0) is 76.8 Å². The van der Waals surface area contributed by atoms with E-state index in [-0.39, 0.29) is 6.61 Å². The highest BCUT2D eigenvalue weighted by molar-refractivity contribution is 14.1. The first-order chi connectivity index (χ1) is 17.5. The van der Waals surface area contributed by atoms with Crippen LogP contribution in [0.15, 0.2) is 36.7 Å². The average molecular weight is 640 g/mol. The van der Waals surface area contributed by atoms with Crippen LogP contribution in [0.2, 0.25) is 16.6 Å². The van der Waals surface area contributed by atoms with E-state index in [2.05, 4.69) is 74.4 Å². The summed E-state index contributed by atoms with van der Waals surface area (Å²) in [4.78, 5) is 17.5. The molecular weight excluding hydrogens is 600 g/mol. The smallest absolute Gasteiger partial charge is 0.357 e. The Kier molecular flexibility index (Phi) is 10.2. The third-order valence-corrected chi connectivity index (χ3v) is 13.9. The van der Waals surface area contributed by atoms with Crippen LogP contribution in [0.5, 0.6) is 0 Å². The minimum absolute atomic E-state index is 0.240.